The molecule has 0 radical (unpaired) electrons. The van der Waals surface area contributed by atoms with Crippen molar-refractivity contribution in [1.82, 2.24) is 24.7 Å². The topological polar surface area (TPSA) is 154 Å². The Kier molecular flexibility index (Phi) is 11.8. The zero-order valence-electron chi connectivity index (χ0n) is 27.6. The predicted octanol–water partition coefficient (Wildman–Crippen LogP) is 6.96. The number of aromatic nitrogens is 5. The van der Waals surface area contributed by atoms with Gasteiger partial charge < -0.3 is 24.1 Å². The number of methoxy groups -OCH3 is 2. The highest BCUT2D eigenvalue weighted by Crippen LogP contribution is 2.46. The molecule has 0 bridgehead atoms. The first-order valence-electron chi connectivity index (χ1n) is 15.6. The van der Waals surface area contributed by atoms with E-state index < -0.39 is 11.6 Å². The van der Waals surface area contributed by atoms with Gasteiger partial charge in [0, 0.05) is 10.6 Å². The predicted molar refractivity (Wildman–Crippen MR) is 184 cm³/mol. The molecule has 1 N–H and O–H groups in total. The zero-order valence-corrected chi connectivity index (χ0v) is 28.4. The molecule has 256 valence electrons. The summed E-state index contributed by atoms with van der Waals surface area (Å²) in [5.74, 6) is 1.28. The second-order valence-electron chi connectivity index (χ2n) is 11.4. The van der Waals surface area contributed by atoms with E-state index in [2.05, 4.69) is 33.0 Å². The van der Waals surface area contributed by atoms with Crippen LogP contribution in [0.5, 0.6) is 23.3 Å². The maximum absolute atomic E-state index is 12.1. The van der Waals surface area contributed by atoms with E-state index in [1.165, 1.54) is 52.0 Å². The van der Waals surface area contributed by atoms with Gasteiger partial charge in [-0.2, -0.15) is 10.4 Å². The fourth-order valence-corrected chi connectivity index (χ4v) is 5.45. The van der Waals surface area contributed by atoms with Crippen LogP contribution in [-0.4, -0.2) is 50.0 Å². The van der Waals surface area contributed by atoms with Crippen LogP contribution in [0.1, 0.15) is 36.5 Å². The van der Waals surface area contributed by atoms with Crippen LogP contribution in [0.15, 0.2) is 104 Å². The van der Waals surface area contributed by atoms with Crippen LogP contribution in [-0.2, 0) is 26.4 Å². The van der Waals surface area contributed by atoms with Crippen molar-refractivity contribution in [2.45, 2.75) is 31.9 Å². The van der Waals surface area contributed by atoms with Gasteiger partial charge in [0.25, 0.3) is 0 Å². The van der Waals surface area contributed by atoms with Crippen molar-refractivity contribution in [1.29, 1.82) is 5.26 Å². The normalized spacial score (nSPS) is 14.2. The summed E-state index contributed by atoms with van der Waals surface area (Å²) in [6.45, 7) is 2.52. The second kappa shape index (κ2) is 16.6. The van der Waals surface area contributed by atoms with Gasteiger partial charge in [-0.15, -0.1) is 0 Å². The van der Waals surface area contributed by atoms with Crippen LogP contribution >= 0.6 is 11.6 Å². The molecular formula is C37H35ClN6O6. The second-order valence-corrected chi connectivity index (χ2v) is 11.8. The van der Waals surface area contributed by atoms with Crippen molar-refractivity contribution in [3.63, 3.8) is 0 Å². The number of para-hydroxylation sites is 2. The third-order valence-electron chi connectivity index (χ3n) is 8.17. The quantitative estimate of drug-likeness (QED) is 0.0819. The molecule has 2 atom stereocenters. The molecule has 3 aromatic carbocycles. The smallest absolute Gasteiger partial charge is 0.341 e. The number of nitrogens with zero attached hydrogens (tertiary/aromatic N) is 6. The molecule has 1 aliphatic carbocycles. The lowest BCUT2D eigenvalue weighted by Gasteiger charge is -2.35. The summed E-state index contributed by atoms with van der Waals surface area (Å²) in [5, 5.41) is 25.3. The lowest BCUT2D eigenvalue weighted by molar-refractivity contribution is -0.133. The fraction of sp³-hybridized carbons (Fsp3) is 0.243. The van der Waals surface area contributed by atoms with Crippen LogP contribution in [0.25, 0.3) is 5.57 Å². The maximum atomic E-state index is 12.1. The van der Waals surface area contributed by atoms with Gasteiger partial charge in [-0.1, -0.05) is 61.0 Å². The van der Waals surface area contributed by atoms with Gasteiger partial charge in [-0.3, -0.25) is 0 Å². The lowest BCUT2D eigenvalue weighted by atomic mass is 9.79. The largest absolute Gasteiger partial charge is 0.503 e. The molecular weight excluding hydrogens is 660 g/mol. The first-order chi connectivity index (χ1) is 24.2. The third-order valence-corrected chi connectivity index (χ3v) is 8.42. The Balaban J connectivity index is 0.000000210. The van der Waals surface area contributed by atoms with Crippen molar-refractivity contribution in [3.8, 4) is 29.3 Å². The van der Waals surface area contributed by atoms with Gasteiger partial charge >= 0.3 is 5.97 Å². The molecule has 0 amide bonds. The number of ether oxygens (including phenoxy) is 4. The van der Waals surface area contributed by atoms with E-state index in [9.17, 15) is 15.2 Å². The Morgan fingerprint density at radius 2 is 1.68 bits per heavy atom. The highest BCUT2D eigenvalue weighted by molar-refractivity contribution is 6.30. The summed E-state index contributed by atoms with van der Waals surface area (Å²) in [6.07, 6.45) is 8.06. The van der Waals surface area contributed by atoms with Gasteiger partial charge in [-0.05, 0) is 60.6 Å². The van der Waals surface area contributed by atoms with E-state index in [4.69, 9.17) is 30.5 Å². The number of carbonyl (C=O) groups excluding carboxylic acids is 1. The average Bonchev–Trinajstić information content (AvgIpc) is 3.86. The van der Waals surface area contributed by atoms with Crippen LogP contribution in [0.2, 0.25) is 5.02 Å². The number of rotatable bonds is 12. The van der Waals surface area contributed by atoms with E-state index >= 15 is 0 Å². The molecule has 2 aromatic heterocycles. The number of halogens is 1. The van der Waals surface area contributed by atoms with Crippen molar-refractivity contribution < 1.29 is 28.8 Å². The molecule has 50 heavy (non-hydrogen) atoms. The molecule has 1 saturated carbocycles. The minimum Gasteiger partial charge on any atom is -0.503 e. The standard InChI is InChI=1S/C22H17N3O5.C15H18ClN3O/c1-27-13-17(22(26)28-2)16-8-4-6-10-19(16)30-21-11-20(24-14-25-21)29-18-9-5-3-7-15(18)12-23;1-11(12-2-3-12)15(20,8-19-10-17-9-18-19)13-4-6-14(16)7-5-13/h3-11,13-14H,1-2H3;4-7,9-12,20H,2-3,8H2,1H3/b17-13+;. The Hall–Kier alpha value is -5.77. The number of nitriles is 1. The Morgan fingerprint density at radius 3 is 2.30 bits per heavy atom. The number of benzene rings is 3. The Bertz CT molecular complexity index is 1960. The summed E-state index contributed by atoms with van der Waals surface area (Å²) in [4.78, 5) is 24.2. The van der Waals surface area contributed by atoms with Gasteiger partial charge in [0.1, 0.15) is 47.7 Å². The van der Waals surface area contributed by atoms with E-state index in [-0.39, 0.29) is 23.3 Å². The van der Waals surface area contributed by atoms with Crippen LogP contribution in [0.4, 0.5) is 0 Å². The lowest BCUT2D eigenvalue weighted by Crippen LogP contribution is -2.39. The molecule has 0 aliphatic heterocycles. The first-order valence-corrected chi connectivity index (χ1v) is 16.0. The minimum absolute atomic E-state index is 0.174. The van der Waals surface area contributed by atoms with Crippen molar-refractivity contribution in [3.05, 3.63) is 126 Å². The molecule has 13 heteroatoms. The van der Waals surface area contributed by atoms with Crippen LogP contribution in [0.3, 0.4) is 0 Å². The summed E-state index contributed by atoms with van der Waals surface area (Å²) in [5.41, 5.74) is 0.957. The molecule has 1 aliphatic rings. The van der Waals surface area contributed by atoms with Gasteiger partial charge in [-0.25, -0.2) is 24.4 Å². The number of hydrogen-bond donors (Lipinski definition) is 1. The average molecular weight is 695 g/mol. The third kappa shape index (κ3) is 8.82. The molecule has 5 aromatic rings. The molecule has 1 fully saturated rings. The monoisotopic (exact) mass is 694 g/mol. The Morgan fingerprint density at radius 1 is 1.02 bits per heavy atom. The number of hydrogen-bond acceptors (Lipinski definition) is 11. The SMILES string of the molecule is CC(C1CC1)C(O)(Cn1cncn1)c1ccc(Cl)cc1.CO/C=C(/C(=O)OC)c1ccccc1Oc1cc(Oc2ccccc2C#N)ncn1. The highest BCUT2D eigenvalue weighted by atomic mass is 35.5. The summed E-state index contributed by atoms with van der Waals surface area (Å²) >= 11 is 5.95. The van der Waals surface area contributed by atoms with Gasteiger partial charge in [0.15, 0.2) is 0 Å². The van der Waals surface area contributed by atoms with Gasteiger partial charge in [0.05, 0.1) is 38.7 Å². The van der Waals surface area contributed by atoms with Crippen molar-refractivity contribution >= 4 is 23.1 Å². The van der Waals surface area contributed by atoms with Crippen LogP contribution in [0, 0.1) is 23.2 Å². The molecule has 12 nitrogen and oxygen atoms in total. The summed E-state index contributed by atoms with van der Waals surface area (Å²) in [7, 11) is 2.71. The first kappa shape index (κ1) is 35.5. The highest BCUT2D eigenvalue weighted by Gasteiger charge is 2.44. The molecule has 2 heterocycles. The summed E-state index contributed by atoms with van der Waals surface area (Å²) in [6, 6.07) is 24.6. The maximum Gasteiger partial charge on any atom is 0.341 e. The molecule has 2 unspecified atom stereocenters. The molecule has 0 saturated heterocycles. The molecule has 6 rings (SSSR count). The van der Waals surface area contributed by atoms with Crippen LogP contribution < -0.4 is 9.47 Å². The molecule has 0 spiro atoms. The van der Waals surface area contributed by atoms with E-state index in [1.54, 1.807) is 59.5 Å². The summed E-state index contributed by atoms with van der Waals surface area (Å²) < 4.78 is 23.1. The number of esters is 1. The van der Waals surface area contributed by atoms with E-state index in [0.29, 0.717) is 40.1 Å². The fourth-order valence-electron chi connectivity index (χ4n) is 5.32. The zero-order chi connectivity index (χ0) is 35.5. The number of carbonyl (C=O) groups is 1. The van der Waals surface area contributed by atoms with E-state index in [0.717, 1.165) is 5.56 Å². The minimum atomic E-state index is -0.945. The van der Waals surface area contributed by atoms with Crippen molar-refractivity contribution in [2.75, 3.05) is 14.2 Å². The Labute approximate surface area is 294 Å². The number of aliphatic hydroxyl groups is 1. The van der Waals surface area contributed by atoms with Gasteiger partial charge in [0.2, 0.25) is 11.8 Å². The van der Waals surface area contributed by atoms with E-state index in [1.807, 2.05) is 24.3 Å². The van der Waals surface area contributed by atoms with Crippen molar-refractivity contribution in [2.24, 2.45) is 11.8 Å².